The Morgan fingerprint density at radius 2 is 2.04 bits per heavy atom. The van der Waals surface area contributed by atoms with Crippen molar-refractivity contribution >= 4 is 5.91 Å². The van der Waals surface area contributed by atoms with Crippen LogP contribution in [0.5, 0.6) is 0 Å². The Bertz CT molecular complexity index is 901. The van der Waals surface area contributed by atoms with Crippen LogP contribution in [0.15, 0.2) is 35.1 Å². The first-order chi connectivity index (χ1) is 13.0. The summed E-state index contributed by atoms with van der Waals surface area (Å²) in [6, 6.07) is 10.2. The van der Waals surface area contributed by atoms with Crippen molar-refractivity contribution < 1.29 is 4.79 Å². The van der Waals surface area contributed by atoms with Crippen molar-refractivity contribution in [3.63, 3.8) is 0 Å². The Kier molecular flexibility index (Phi) is 4.83. The molecule has 1 N–H and O–H groups in total. The largest absolute Gasteiger partial charge is 0.335 e. The van der Waals surface area contributed by atoms with E-state index in [2.05, 4.69) is 22.0 Å². The van der Waals surface area contributed by atoms with Crippen molar-refractivity contribution in [3.8, 4) is 11.1 Å². The number of nitrogens with zero attached hydrogens (tertiary/aromatic N) is 3. The van der Waals surface area contributed by atoms with E-state index in [-0.39, 0.29) is 11.5 Å². The standard InChI is InChI=1S/C21H26N4O2/c1-14-10-19(20(26)23-22-14)16-7-5-8-17(11-16)21(27)24-12-18(13-24)25-9-4-3-6-15(25)2/h5,7-8,10-11,15,18H,3-4,6,9,12-13H2,1-2H3,(H,23,26)/t15-/m1/s1. The molecule has 2 aromatic rings. The summed E-state index contributed by atoms with van der Waals surface area (Å²) in [7, 11) is 0. The molecule has 2 aliphatic heterocycles. The topological polar surface area (TPSA) is 69.3 Å². The molecule has 4 rings (SSSR count). The van der Waals surface area contributed by atoms with Gasteiger partial charge in [-0.2, -0.15) is 5.10 Å². The molecule has 1 aromatic carbocycles. The van der Waals surface area contributed by atoms with Crippen LogP contribution in [-0.2, 0) is 0 Å². The van der Waals surface area contributed by atoms with E-state index in [9.17, 15) is 9.59 Å². The van der Waals surface area contributed by atoms with E-state index in [4.69, 9.17) is 0 Å². The van der Waals surface area contributed by atoms with Crippen LogP contribution in [0.2, 0.25) is 0 Å². The zero-order valence-corrected chi connectivity index (χ0v) is 15.9. The first kappa shape index (κ1) is 17.9. The quantitative estimate of drug-likeness (QED) is 0.906. The Balaban J connectivity index is 1.47. The third-order valence-corrected chi connectivity index (χ3v) is 5.83. The third kappa shape index (κ3) is 3.54. The number of hydrogen-bond acceptors (Lipinski definition) is 4. The van der Waals surface area contributed by atoms with E-state index in [1.807, 2.05) is 36.1 Å². The Labute approximate surface area is 159 Å². The maximum Gasteiger partial charge on any atom is 0.272 e. The van der Waals surface area contributed by atoms with Crippen LogP contribution in [0.1, 0.15) is 42.2 Å². The molecule has 1 amide bonds. The number of piperidine rings is 1. The first-order valence-electron chi connectivity index (χ1n) is 9.74. The number of aromatic amines is 1. The molecule has 6 nitrogen and oxygen atoms in total. The molecule has 1 atom stereocenters. The van der Waals surface area contributed by atoms with Gasteiger partial charge < -0.3 is 4.90 Å². The lowest BCUT2D eigenvalue weighted by molar-refractivity contribution is 0.00213. The molecule has 2 saturated heterocycles. The highest BCUT2D eigenvalue weighted by Gasteiger charge is 2.37. The average Bonchev–Trinajstić information content (AvgIpc) is 2.64. The number of likely N-dealkylation sites (tertiary alicyclic amines) is 2. The van der Waals surface area contributed by atoms with E-state index in [0.717, 1.165) is 30.9 Å². The molecule has 1 aromatic heterocycles. The summed E-state index contributed by atoms with van der Waals surface area (Å²) in [6.07, 6.45) is 3.83. The Morgan fingerprint density at radius 3 is 2.81 bits per heavy atom. The van der Waals surface area contributed by atoms with Crippen molar-refractivity contribution in [2.24, 2.45) is 0 Å². The van der Waals surface area contributed by atoms with Crippen molar-refractivity contribution in [3.05, 3.63) is 51.9 Å². The molecule has 0 spiro atoms. The lowest BCUT2D eigenvalue weighted by Gasteiger charge is -2.49. The van der Waals surface area contributed by atoms with E-state index >= 15 is 0 Å². The second-order valence-electron chi connectivity index (χ2n) is 7.78. The van der Waals surface area contributed by atoms with Gasteiger partial charge in [-0.15, -0.1) is 0 Å². The molecule has 27 heavy (non-hydrogen) atoms. The number of H-pyrrole nitrogens is 1. The van der Waals surface area contributed by atoms with Crippen molar-refractivity contribution in [1.82, 2.24) is 20.0 Å². The summed E-state index contributed by atoms with van der Waals surface area (Å²) in [6.45, 7) is 6.86. The fourth-order valence-corrected chi connectivity index (χ4v) is 4.22. The fraction of sp³-hybridized carbons (Fsp3) is 0.476. The van der Waals surface area contributed by atoms with Gasteiger partial charge in [0.05, 0.1) is 11.3 Å². The maximum atomic E-state index is 12.9. The molecule has 0 aliphatic carbocycles. The van der Waals surface area contributed by atoms with Gasteiger partial charge in [-0.1, -0.05) is 18.6 Å². The minimum Gasteiger partial charge on any atom is -0.335 e. The van der Waals surface area contributed by atoms with Crippen molar-refractivity contribution in [2.45, 2.75) is 45.2 Å². The highest BCUT2D eigenvalue weighted by Crippen LogP contribution is 2.26. The van der Waals surface area contributed by atoms with Crippen molar-refractivity contribution in [1.29, 1.82) is 0 Å². The third-order valence-electron chi connectivity index (χ3n) is 5.83. The second-order valence-corrected chi connectivity index (χ2v) is 7.78. The second kappa shape index (κ2) is 7.27. The summed E-state index contributed by atoms with van der Waals surface area (Å²) >= 11 is 0. The molecule has 2 fully saturated rings. The summed E-state index contributed by atoms with van der Waals surface area (Å²) in [5.41, 5.74) is 2.41. The number of rotatable bonds is 3. The highest BCUT2D eigenvalue weighted by atomic mass is 16.2. The smallest absolute Gasteiger partial charge is 0.272 e. The van der Waals surface area contributed by atoms with E-state index in [1.165, 1.54) is 19.3 Å². The molecule has 6 heteroatoms. The van der Waals surface area contributed by atoms with Gasteiger partial charge in [0.15, 0.2) is 0 Å². The van der Waals surface area contributed by atoms with Gasteiger partial charge >= 0.3 is 0 Å². The molecular weight excluding hydrogens is 340 g/mol. The minimum absolute atomic E-state index is 0.0416. The van der Waals surface area contributed by atoms with E-state index in [0.29, 0.717) is 23.2 Å². The van der Waals surface area contributed by atoms with E-state index in [1.54, 1.807) is 6.07 Å². The van der Waals surface area contributed by atoms with Crippen LogP contribution < -0.4 is 5.56 Å². The number of carbonyl (C=O) groups is 1. The number of aromatic nitrogens is 2. The molecule has 3 heterocycles. The predicted molar refractivity (Wildman–Crippen MR) is 105 cm³/mol. The number of nitrogens with one attached hydrogen (secondary N) is 1. The Morgan fingerprint density at radius 1 is 1.22 bits per heavy atom. The van der Waals surface area contributed by atoms with Gasteiger partial charge in [0.25, 0.3) is 11.5 Å². The van der Waals surface area contributed by atoms with Crippen LogP contribution in [0, 0.1) is 6.92 Å². The van der Waals surface area contributed by atoms with Gasteiger partial charge in [0.1, 0.15) is 0 Å². The zero-order chi connectivity index (χ0) is 19.0. The summed E-state index contributed by atoms with van der Waals surface area (Å²) in [4.78, 5) is 29.4. The maximum absolute atomic E-state index is 12.9. The van der Waals surface area contributed by atoms with Gasteiger partial charge in [-0.25, -0.2) is 5.10 Å². The number of aryl methyl sites for hydroxylation is 1. The number of hydrogen-bond donors (Lipinski definition) is 1. The summed E-state index contributed by atoms with van der Waals surface area (Å²) < 4.78 is 0. The van der Waals surface area contributed by atoms with Gasteiger partial charge in [-0.3, -0.25) is 14.5 Å². The summed E-state index contributed by atoms with van der Waals surface area (Å²) in [5.74, 6) is 0.0416. The minimum atomic E-state index is -0.242. The van der Waals surface area contributed by atoms with Crippen LogP contribution in [0.25, 0.3) is 11.1 Å². The number of amides is 1. The lowest BCUT2D eigenvalue weighted by Crippen LogP contribution is -2.63. The van der Waals surface area contributed by atoms with Crippen LogP contribution in [0.3, 0.4) is 0 Å². The van der Waals surface area contributed by atoms with Gasteiger partial charge in [0, 0.05) is 30.7 Å². The monoisotopic (exact) mass is 366 g/mol. The van der Waals surface area contributed by atoms with Crippen LogP contribution in [-0.4, -0.2) is 57.6 Å². The van der Waals surface area contributed by atoms with E-state index < -0.39 is 0 Å². The molecule has 0 bridgehead atoms. The number of carbonyl (C=O) groups excluding carboxylic acids is 1. The normalized spacial score (nSPS) is 21.1. The average molecular weight is 366 g/mol. The summed E-state index contributed by atoms with van der Waals surface area (Å²) in [5, 5.41) is 6.41. The lowest BCUT2D eigenvalue weighted by atomic mass is 9.96. The number of benzene rings is 1. The molecule has 0 unspecified atom stereocenters. The molecule has 0 radical (unpaired) electrons. The Hall–Kier alpha value is -2.47. The zero-order valence-electron chi connectivity index (χ0n) is 15.9. The molecule has 142 valence electrons. The van der Waals surface area contributed by atoms with Crippen LogP contribution in [0.4, 0.5) is 0 Å². The molecular formula is C21H26N4O2. The predicted octanol–water partition coefficient (Wildman–Crippen LogP) is 2.44. The fourth-order valence-electron chi connectivity index (χ4n) is 4.22. The highest BCUT2D eigenvalue weighted by molar-refractivity contribution is 5.96. The van der Waals surface area contributed by atoms with Crippen molar-refractivity contribution in [2.75, 3.05) is 19.6 Å². The molecule has 2 aliphatic rings. The van der Waals surface area contributed by atoms with Gasteiger partial charge in [0.2, 0.25) is 0 Å². The first-order valence-corrected chi connectivity index (χ1v) is 9.74. The van der Waals surface area contributed by atoms with Gasteiger partial charge in [-0.05, 0) is 57.0 Å². The van der Waals surface area contributed by atoms with Crippen LogP contribution >= 0.6 is 0 Å². The SMILES string of the molecule is Cc1cc(-c2cccc(C(=O)N3CC(N4CCCC[C@H]4C)C3)c2)c(=O)[nH]n1. The molecule has 0 saturated carbocycles.